The number of piperidine rings is 1. The van der Waals surface area contributed by atoms with E-state index in [2.05, 4.69) is 18.7 Å². The summed E-state index contributed by atoms with van der Waals surface area (Å²) in [6.45, 7) is 7.27. The standard InChI is InChI=1S/C16H23NO3/c1-12-3-4-13(2)17(11-12)9-10-20-15-7-5-14(6-8-15)16(18)19/h5-8,12-13H,3-4,9-11H2,1-2H3,(H,18,19). The van der Waals surface area contributed by atoms with Crippen molar-refractivity contribution < 1.29 is 14.6 Å². The molecule has 0 aromatic heterocycles. The lowest BCUT2D eigenvalue weighted by molar-refractivity contribution is 0.0697. The Labute approximate surface area is 120 Å². The van der Waals surface area contributed by atoms with Crippen LogP contribution in [-0.2, 0) is 0 Å². The van der Waals surface area contributed by atoms with Gasteiger partial charge in [-0.25, -0.2) is 4.79 Å². The van der Waals surface area contributed by atoms with E-state index in [-0.39, 0.29) is 5.56 Å². The van der Waals surface area contributed by atoms with Crippen molar-refractivity contribution in [1.82, 2.24) is 4.90 Å². The van der Waals surface area contributed by atoms with Crippen LogP contribution < -0.4 is 4.74 Å². The molecule has 0 amide bonds. The van der Waals surface area contributed by atoms with Crippen LogP contribution in [0.4, 0.5) is 0 Å². The zero-order chi connectivity index (χ0) is 14.5. The molecule has 1 aliphatic heterocycles. The fraction of sp³-hybridized carbons (Fsp3) is 0.562. The number of hydrogen-bond donors (Lipinski definition) is 1. The predicted molar refractivity (Wildman–Crippen MR) is 78.3 cm³/mol. The summed E-state index contributed by atoms with van der Waals surface area (Å²) in [5, 5.41) is 8.83. The molecule has 0 saturated carbocycles. The van der Waals surface area contributed by atoms with Crippen LogP contribution in [0.2, 0.25) is 0 Å². The second-order valence-electron chi connectivity index (χ2n) is 5.70. The second-order valence-corrected chi connectivity index (χ2v) is 5.70. The number of hydrogen-bond acceptors (Lipinski definition) is 3. The summed E-state index contributed by atoms with van der Waals surface area (Å²) >= 11 is 0. The molecule has 110 valence electrons. The quantitative estimate of drug-likeness (QED) is 0.899. The molecule has 1 aromatic carbocycles. The average molecular weight is 277 g/mol. The Morgan fingerprint density at radius 1 is 1.30 bits per heavy atom. The first-order valence-corrected chi connectivity index (χ1v) is 7.26. The van der Waals surface area contributed by atoms with Crippen molar-refractivity contribution in [2.45, 2.75) is 32.7 Å². The molecule has 0 radical (unpaired) electrons. The number of aromatic carboxylic acids is 1. The number of nitrogens with zero attached hydrogens (tertiary/aromatic N) is 1. The monoisotopic (exact) mass is 277 g/mol. The van der Waals surface area contributed by atoms with Crippen LogP contribution in [0.25, 0.3) is 0 Å². The van der Waals surface area contributed by atoms with Gasteiger partial charge in [-0.05, 0) is 49.9 Å². The Kier molecular flexibility index (Phi) is 5.01. The summed E-state index contributed by atoms with van der Waals surface area (Å²) in [6, 6.07) is 7.20. The van der Waals surface area contributed by atoms with E-state index in [4.69, 9.17) is 9.84 Å². The zero-order valence-corrected chi connectivity index (χ0v) is 12.2. The van der Waals surface area contributed by atoms with E-state index < -0.39 is 5.97 Å². The molecular weight excluding hydrogens is 254 g/mol. The molecule has 2 atom stereocenters. The lowest BCUT2D eigenvalue weighted by Gasteiger charge is -2.36. The van der Waals surface area contributed by atoms with Crippen molar-refractivity contribution in [3.8, 4) is 5.75 Å². The largest absolute Gasteiger partial charge is 0.492 e. The van der Waals surface area contributed by atoms with E-state index in [1.54, 1.807) is 24.3 Å². The number of ether oxygens (including phenoxy) is 1. The third-order valence-corrected chi connectivity index (χ3v) is 4.00. The Hall–Kier alpha value is -1.55. The fourth-order valence-corrected chi connectivity index (χ4v) is 2.67. The van der Waals surface area contributed by atoms with E-state index in [1.165, 1.54) is 12.8 Å². The number of carbonyl (C=O) groups is 1. The van der Waals surface area contributed by atoms with E-state index in [0.717, 1.165) is 24.8 Å². The minimum atomic E-state index is -0.910. The highest BCUT2D eigenvalue weighted by Crippen LogP contribution is 2.21. The van der Waals surface area contributed by atoms with Gasteiger partial charge < -0.3 is 9.84 Å². The first-order valence-electron chi connectivity index (χ1n) is 7.26. The Morgan fingerprint density at radius 3 is 2.65 bits per heavy atom. The highest BCUT2D eigenvalue weighted by molar-refractivity contribution is 5.87. The second kappa shape index (κ2) is 6.75. The number of carboxylic acid groups (broad SMARTS) is 1. The molecule has 1 aromatic rings. The van der Waals surface area contributed by atoms with Gasteiger partial charge in [-0.2, -0.15) is 0 Å². The number of carboxylic acids is 1. The van der Waals surface area contributed by atoms with Gasteiger partial charge >= 0.3 is 5.97 Å². The topological polar surface area (TPSA) is 49.8 Å². The summed E-state index contributed by atoms with van der Waals surface area (Å²) in [5.41, 5.74) is 0.288. The van der Waals surface area contributed by atoms with E-state index >= 15 is 0 Å². The molecular formula is C16H23NO3. The molecule has 20 heavy (non-hydrogen) atoms. The van der Waals surface area contributed by atoms with Gasteiger partial charge in [0.05, 0.1) is 5.56 Å². The van der Waals surface area contributed by atoms with Crippen LogP contribution in [0.3, 0.4) is 0 Å². The minimum Gasteiger partial charge on any atom is -0.492 e. The predicted octanol–water partition coefficient (Wildman–Crippen LogP) is 2.88. The Bertz CT molecular complexity index is 444. The fourth-order valence-electron chi connectivity index (χ4n) is 2.67. The molecule has 0 aliphatic carbocycles. The summed E-state index contributed by atoms with van der Waals surface area (Å²) in [7, 11) is 0. The van der Waals surface area contributed by atoms with Crippen molar-refractivity contribution in [3.63, 3.8) is 0 Å². The summed E-state index contributed by atoms with van der Waals surface area (Å²) in [5.74, 6) is 0.585. The zero-order valence-electron chi connectivity index (χ0n) is 12.2. The lowest BCUT2D eigenvalue weighted by Crippen LogP contribution is -2.43. The normalized spacial score (nSPS) is 23.5. The molecule has 1 N–H and O–H groups in total. The molecule has 1 heterocycles. The summed E-state index contributed by atoms with van der Waals surface area (Å²) in [6.07, 6.45) is 2.57. The maximum atomic E-state index is 10.8. The maximum absolute atomic E-state index is 10.8. The number of likely N-dealkylation sites (tertiary alicyclic amines) is 1. The molecule has 4 heteroatoms. The van der Waals surface area contributed by atoms with Crippen LogP contribution in [0.5, 0.6) is 5.75 Å². The van der Waals surface area contributed by atoms with E-state index in [0.29, 0.717) is 12.6 Å². The molecule has 2 unspecified atom stereocenters. The molecule has 1 aliphatic rings. The number of rotatable bonds is 5. The van der Waals surface area contributed by atoms with Crippen LogP contribution in [0.15, 0.2) is 24.3 Å². The van der Waals surface area contributed by atoms with Crippen LogP contribution in [0, 0.1) is 5.92 Å². The van der Waals surface area contributed by atoms with Gasteiger partial charge in [0.15, 0.2) is 0 Å². The van der Waals surface area contributed by atoms with E-state index in [1.807, 2.05) is 0 Å². The van der Waals surface area contributed by atoms with Crippen LogP contribution in [0.1, 0.15) is 37.0 Å². The first kappa shape index (κ1) is 14.9. The Morgan fingerprint density at radius 2 is 2.00 bits per heavy atom. The smallest absolute Gasteiger partial charge is 0.335 e. The van der Waals surface area contributed by atoms with E-state index in [9.17, 15) is 4.79 Å². The molecule has 0 bridgehead atoms. The number of benzene rings is 1. The minimum absolute atomic E-state index is 0.288. The van der Waals surface area contributed by atoms with Crippen molar-refractivity contribution in [1.29, 1.82) is 0 Å². The van der Waals surface area contributed by atoms with Crippen LogP contribution in [-0.4, -0.2) is 41.7 Å². The molecule has 1 fully saturated rings. The summed E-state index contributed by atoms with van der Waals surface area (Å²) in [4.78, 5) is 13.2. The molecule has 1 saturated heterocycles. The average Bonchev–Trinajstić information content (AvgIpc) is 2.43. The van der Waals surface area contributed by atoms with Crippen molar-refractivity contribution in [2.24, 2.45) is 5.92 Å². The van der Waals surface area contributed by atoms with Gasteiger partial charge in [0.25, 0.3) is 0 Å². The molecule has 4 nitrogen and oxygen atoms in total. The van der Waals surface area contributed by atoms with Crippen LogP contribution >= 0.6 is 0 Å². The first-order chi connectivity index (χ1) is 9.56. The van der Waals surface area contributed by atoms with Gasteiger partial charge in [-0.15, -0.1) is 0 Å². The maximum Gasteiger partial charge on any atom is 0.335 e. The van der Waals surface area contributed by atoms with Gasteiger partial charge in [0.2, 0.25) is 0 Å². The van der Waals surface area contributed by atoms with Gasteiger partial charge in [-0.1, -0.05) is 6.92 Å². The lowest BCUT2D eigenvalue weighted by atomic mass is 9.95. The van der Waals surface area contributed by atoms with Gasteiger partial charge in [0, 0.05) is 19.1 Å². The van der Waals surface area contributed by atoms with Gasteiger partial charge in [0.1, 0.15) is 12.4 Å². The Balaban J connectivity index is 1.79. The van der Waals surface area contributed by atoms with Crippen molar-refractivity contribution in [3.05, 3.63) is 29.8 Å². The molecule has 0 spiro atoms. The summed E-state index contributed by atoms with van der Waals surface area (Å²) < 4.78 is 5.69. The third-order valence-electron chi connectivity index (χ3n) is 4.00. The third kappa shape index (κ3) is 3.97. The molecule has 2 rings (SSSR count). The van der Waals surface area contributed by atoms with Gasteiger partial charge in [-0.3, -0.25) is 4.90 Å². The highest BCUT2D eigenvalue weighted by atomic mass is 16.5. The van der Waals surface area contributed by atoms with Crippen molar-refractivity contribution >= 4 is 5.97 Å². The highest BCUT2D eigenvalue weighted by Gasteiger charge is 2.22. The SMILES string of the molecule is CC1CCC(C)N(CCOc2ccc(C(=O)O)cc2)C1. The van der Waals surface area contributed by atoms with Crippen molar-refractivity contribution in [2.75, 3.05) is 19.7 Å².